The molecular formula is C55H59F3N6O8. The van der Waals surface area contributed by atoms with Crippen molar-refractivity contribution >= 4 is 39.8 Å². The van der Waals surface area contributed by atoms with E-state index in [2.05, 4.69) is 4.98 Å². The Kier molecular flexibility index (Phi) is 12.9. The van der Waals surface area contributed by atoms with Crippen LogP contribution in [-0.4, -0.2) is 103 Å². The number of benzene rings is 3. The number of unbranched alkanes of at least 4 members (excludes halogenated alkanes) is 2. The Hall–Kier alpha value is -6.72. The molecule has 1 fully saturated rings. The smallest absolute Gasteiger partial charge is 0.415 e. The summed E-state index contributed by atoms with van der Waals surface area (Å²) in [4.78, 5) is 66.4. The van der Waals surface area contributed by atoms with E-state index < -0.39 is 41.0 Å². The van der Waals surface area contributed by atoms with Gasteiger partial charge in [0.25, 0.3) is 5.56 Å². The molecule has 2 N–H and O–H groups in total. The van der Waals surface area contributed by atoms with E-state index in [1.54, 1.807) is 45.6 Å². The predicted molar refractivity (Wildman–Crippen MR) is 264 cm³/mol. The van der Waals surface area contributed by atoms with Crippen LogP contribution in [0.15, 0.2) is 65.5 Å². The van der Waals surface area contributed by atoms with Crippen molar-refractivity contribution in [2.75, 3.05) is 39.3 Å². The highest BCUT2D eigenvalue weighted by Crippen LogP contribution is 2.45. The summed E-state index contributed by atoms with van der Waals surface area (Å²) in [7, 11) is 0. The summed E-state index contributed by atoms with van der Waals surface area (Å²) < 4.78 is 65.9. The van der Waals surface area contributed by atoms with E-state index in [1.165, 1.54) is 26.0 Å². The Morgan fingerprint density at radius 1 is 0.917 bits per heavy atom. The van der Waals surface area contributed by atoms with E-state index in [1.807, 2.05) is 43.0 Å². The normalized spacial score (nSPS) is 19.8. The first-order valence-corrected chi connectivity index (χ1v) is 25.0. The van der Waals surface area contributed by atoms with E-state index >= 15 is 13.2 Å². The van der Waals surface area contributed by atoms with E-state index in [4.69, 9.17) is 19.2 Å². The number of ether oxygens (including phenoxy) is 3. The number of nitrogens with one attached hydrogen (secondary N) is 1. The molecule has 14 nitrogen and oxygen atoms in total. The molecule has 4 aliphatic heterocycles. The average Bonchev–Trinajstić information content (AvgIpc) is 3.91. The van der Waals surface area contributed by atoms with Gasteiger partial charge in [0.1, 0.15) is 35.4 Å². The number of aromatic amines is 1. The van der Waals surface area contributed by atoms with E-state index in [-0.39, 0.29) is 72.7 Å². The summed E-state index contributed by atoms with van der Waals surface area (Å²) in [5.41, 5.74) is 2.49. The Balaban J connectivity index is 0.710. The number of aryl methyl sites for hydroxylation is 1. The van der Waals surface area contributed by atoms with Crippen molar-refractivity contribution in [1.29, 1.82) is 0 Å². The number of halogens is 3. The molecule has 17 heteroatoms. The van der Waals surface area contributed by atoms with Crippen molar-refractivity contribution in [2.24, 2.45) is 0 Å². The van der Waals surface area contributed by atoms with Crippen LogP contribution in [0.25, 0.3) is 33.2 Å². The number of carbonyl (C=O) groups excluding carboxylic acids is 3. The number of piperazine rings is 1. The van der Waals surface area contributed by atoms with Crippen LogP contribution in [0.2, 0.25) is 0 Å². The molecule has 3 aromatic heterocycles. The molecule has 1 saturated heterocycles. The monoisotopic (exact) mass is 988 g/mol. The van der Waals surface area contributed by atoms with Crippen LogP contribution in [0.4, 0.5) is 18.0 Å². The van der Waals surface area contributed by atoms with Crippen molar-refractivity contribution in [3.63, 3.8) is 0 Å². The highest BCUT2D eigenvalue weighted by molar-refractivity contribution is 5.91. The lowest BCUT2D eigenvalue weighted by Gasteiger charge is -2.43. The number of hydrogen-bond acceptors (Lipinski definition) is 10. The van der Waals surface area contributed by atoms with Crippen molar-refractivity contribution in [1.82, 2.24) is 29.2 Å². The van der Waals surface area contributed by atoms with E-state index in [0.717, 1.165) is 33.0 Å². The summed E-state index contributed by atoms with van der Waals surface area (Å²) in [6.45, 7) is 10.1. The fourth-order valence-corrected chi connectivity index (χ4v) is 11.2. The maximum atomic E-state index is 16.1. The first-order chi connectivity index (χ1) is 34.5. The van der Waals surface area contributed by atoms with Gasteiger partial charge in [-0.15, -0.1) is 0 Å². The van der Waals surface area contributed by atoms with Gasteiger partial charge in [-0.1, -0.05) is 32.0 Å². The molecule has 0 aliphatic carbocycles. The maximum Gasteiger partial charge on any atom is 0.415 e. The molecule has 6 aromatic rings. The summed E-state index contributed by atoms with van der Waals surface area (Å²) >= 11 is 0. The Morgan fingerprint density at radius 2 is 1.65 bits per heavy atom. The van der Waals surface area contributed by atoms with Crippen LogP contribution >= 0.6 is 0 Å². The molecular weight excluding hydrogens is 930 g/mol. The number of amides is 2. The summed E-state index contributed by atoms with van der Waals surface area (Å²) in [6, 6.07) is 16.0. The van der Waals surface area contributed by atoms with Gasteiger partial charge in [-0.2, -0.15) is 0 Å². The van der Waals surface area contributed by atoms with Gasteiger partial charge in [-0.3, -0.25) is 14.5 Å². The second-order valence-corrected chi connectivity index (χ2v) is 20.2. The Labute approximate surface area is 414 Å². The van der Waals surface area contributed by atoms with Crippen LogP contribution < -0.4 is 15.0 Å². The number of rotatable bonds is 13. The van der Waals surface area contributed by atoms with Crippen LogP contribution in [0, 0.1) is 11.6 Å². The number of hydrogen-bond donors (Lipinski definition) is 2. The van der Waals surface area contributed by atoms with Gasteiger partial charge in [-0.25, -0.2) is 27.7 Å². The largest absolute Gasteiger partial charge is 0.493 e. The van der Waals surface area contributed by atoms with E-state index in [0.29, 0.717) is 93.1 Å². The second-order valence-electron chi connectivity index (χ2n) is 20.2. The fourth-order valence-electron chi connectivity index (χ4n) is 11.2. The van der Waals surface area contributed by atoms with Gasteiger partial charge < -0.3 is 38.7 Å². The lowest BCUT2D eigenvalue weighted by atomic mass is 9.86. The van der Waals surface area contributed by atoms with Crippen molar-refractivity contribution in [3.8, 4) is 22.9 Å². The molecule has 72 heavy (non-hydrogen) atoms. The van der Waals surface area contributed by atoms with Crippen LogP contribution in [-0.2, 0) is 45.9 Å². The third-order valence-electron chi connectivity index (χ3n) is 14.9. The zero-order chi connectivity index (χ0) is 50.8. The van der Waals surface area contributed by atoms with Gasteiger partial charge >= 0.3 is 12.1 Å². The first kappa shape index (κ1) is 48.9. The number of alkyl halides is 1. The lowest BCUT2D eigenvalue weighted by molar-refractivity contribution is -0.172. The zero-order valence-electron chi connectivity index (χ0n) is 41.2. The number of aromatic nitrogens is 3. The Bertz CT molecular complexity index is 3190. The molecule has 0 spiro atoms. The third-order valence-corrected chi connectivity index (χ3v) is 14.9. The molecule has 2 amide bonds. The predicted octanol–water partition coefficient (Wildman–Crippen LogP) is 8.77. The Morgan fingerprint density at radius 3 is 2.38 bits per heavy atom. The summed E-state index contributed by atoms with van der Waals surface area (Å²) in [5.74, 6) is -1.97. The summed E-state index contributed by atoms with van der Waals surface area (Å²) in [5, 5.41) is 13.0. The van der Waals surface area contributed by atoms with Gasteiger partial charge in [-0.05, 0) is 101 Å². The number of H-pyrrole nitrogens is 1. The highest BCUT2D eigenvalue weighted by atomic mass is 19.1. The number of nitrogens with zero attached hydrogens (tertiary/aromatic N) is 5. The molecule has 3 atom stereocenters. The summed E-state index contributed by atoms with van der Waals surface area (Å²) in [6.07, 6.45) is 2.80. The van der Waals surface area contributed by atoms with Crippen LogP contribution in [0.3, 0.4) is 0 Å². The number of fused-ring (bicyclic) bond motifs is 8. The molecule has 0 bridgehead atoms. The fraction of sp³-hybridized carbons (Fsp3) is 0.436. The molecule has 0 radical (unpaired) electrons. The van der Waals surface area contributed by atoms with Crippen molar-refractivity contribution in [2.45, 2.75) is 116 Å². The molecule has 4 aliphatic rings. The molecule has 378 valence electrons. The number of carbonyl (C=O) groups is 3. The molecule has 0 saturated carbocycles. The number of cyclic esters (lactones) is 1. The van der Waals surface area contributed by atoms with Crippen LogP contribution in [0.1, 0.15) is 112 Å². The topological polar surface area (TPSA) is 160 Å². The minimum atomic E-state index is -1.93. The van der Waals surface area contributed by atoms with Crippen molar-refractivity contribution < 1.29 is 46.9 Å². The molecule has 3 aromatic carbocycles. The maximum absolute atomic E-state index is 16.1. The molecule has 1 unspecified atom stereocenters. The average molecular weight is 989 g/mol. The lowest BCUT2D eigenvalue weighted by Crippen LogP contribution is -2.51. The van der Waals surface area contributed by atoms with Gasteiger partial charge in [0.15, 0.2) is 5.60 Å². The van der Waals surface area contributed by atoms with Crippen LogP contribution in [0.5, 0.6) is 11.5 Å². The number of esters is 1. The second kappa shape index (κ2) is 19.0. The standard InChI is InChI=1S/C55H59F3N6O8/c1-6-34-36-24-32(16-17-44(36)59-48-38(34)28-63-45(48)27-40-39(51(63)66)29-71-52(67)55(40,69)7-2)72-53(68)62-20-18-61(19-21-62)46(65)15-9-8-12-22-70-33-25-41(56)47(42(57)26-33)50-49-37(35-13-10-11-14-43(35)60-49)23-31(3)64(50)30-54(4,5)58/h10-11,13-14,16-17,24-27,31,50,60,69H,6-9,12,15,18-23,28-30H2,1-5H3/t31-,50-,55?/m1/s1. The van der Waals surface area contributed by atoms with E-state index in [9.17, 15) is 24.3 Å². The molecule has 7 heterocycles. The highest BCUT2D eigenvalue weighted by Gasteiger charge is 2.46. The van der Waals surface area contributed by atoms with Gasteiger partial charge in [0, 0.05) is 96.0 Å². The van der Waals surface area contributed by atoms with Gasteiger partial charge in [0.2, 0.25) is 5.91 Å². The third kappa shape index (κ3) is 8.77. The SMILES string of the molecule is CCc1c2c(nc3ccc(OC(=O)N4CCN(C(=O)CCCCCOc5cc(F)c([C@@H]6c7[nH]c8ccccc8c7C[C@@H](C)N6CC(C)(C)F)c(F)c5)CC4)cc13)-c1cc3c(c(=O)n1C2)COC(=O)C3(O)CC. The number of pyridine rings is 2. The van der Waals surface area contributed by atoms with Crippen molar-refractivity contribution in [3.05, 3.63) is 122 Å². The minimum Gasteiger partial charge on any atom is -0.493 e. The first-order valence-electron chi connectivity index (χ1n) is 25.0. The zero-order valence-corrected chi connectivity index (χ0v) is 41.2. The minimum absolute atomic E-state index is 0.0171. The quantitative estimate of drug-likeness (QED) is 0.0845. The number of para-hydroxylation sites is 1. The molecule has 10 rings (SSSR count). The van der Waals surface area contributed by atoms with Gasteiger partial charge in [0.05, 0.1) is 41.7 Å². The number of aliphatic hydroxyl groups is 1.